The van der Waals surface area contributed by atoms with Crippen molar-refractivity contribution in [2.75, 3.05) is 0 Å². The van der Waals surface area contributed by atoms with Crippen LogP contribution in [0.1, 0.15) is 52.9 Å². The van der Waals surface area contributed by atoms with Gasteiger partial charge in [-0.05, 0) is 37.0 Å². The highest BCUT2D eigenvalue weighted by atomic mass is 19.3. The highest BCUT2D eigenvalue weighted by molar-refractivity contribution is 5.79. The van der Waals surface area contributed by atoms with Crippen LogP contribution in [0.4, 0.5) is 8.78 Å². The van der Waals surface area contributed by atoms with Gasteiger partial charge in [0.1, 0.15) is 0 Å². The normalized spacial score (nSPS) is 26.0. The minimum atomic E-state index is -2.89. The molecule has 1 N–H and O–H groups in total. The molecule has 0 heterocycles. The molecule has 0 spiro atoms. The van der Waals surface area contributed by atoms with Crippen molar-refractivity contribution >= 4 is 5.91 Å². The molecule has 0 radical (unpaired) electrons. The maximum atomic E-state index is 12.1. The summed E-state index contributed by atoms with van der Waals surface area (Å²) in [5.74, 6) is -0.476. The maximum absolute atomic E-state index is 12.1. The smallest absolute Gasteiger partial charge is 0.315 e. The molecule has 100 valence electrons. The van der Waals surface area contributed by atoms with Crippen molar-refractivity contribution in [3.05, 3.63) is 0 Å². The summed E-state index contributed by atoms with van der Waals surface area (Å²) in [5, 5.41) is 2.42. The molecule has 1 fully saturated rings. The first-order valence-corrected chi connectivity index (χ1v) is 6.45. The molecule has 0 bridgehead atoms. The van der Waals surface area contributed by atoms with Gasteiger partial charge in [0.25, 0.3) is 5.91 Å². The SMILES string of the molecule is CCC(C)(C)C1CCC(NC(=O)C(F)F)CC1. The van der Waals surface area contributed by atoms with Crippen LogP contribution in [0.5, 0.6) is 0 Å². The molecule has 4 heteroatoms. The first kappa shape index (κ1) is 14.4. The molecule has 1 saturated carbocycles. The van der Waals surface area contributed by atoms with E-state index >= 15 is 0 Å². The van der Waals surface area contributed by atoms with E-state index in [4.69, 9.17) is 0 Å². The second-order valence-electron chi connectivity index (χ2n) is 5.70. The van der Waals surface area contributed by atoms with E-state index in [0.717, 1.165) is 32.1 Å². The van der Waals surface area contributed by atoms with Crippen LogP contribution >= 0.6 is 0 Å². The lowest BCUT2D eigenvalue weighted by molar-refractivity contribution is -0.132. The van der Waals surface area contributed by atoms with Crippen LogP contribution in [0.2, 0.25) is 0 Å². The fraction of sp³-hybridized carbons (Fsp3) is 0.923. The Morgan fingerprint density at radius 2 is 1.82 bits per heavy atom. The third-order valence-corrected chi connectivity index (χ3v) is 4.29. The molecule has 0 aromatic heterocycles. The van der Waals surface area contributed by atoms with Gasteiger partial charge in [0.2, 0.25) is 0 Å². The monoisotopic (exact) mass is 247 g/mol. The molecule has 0 aliphatic heterocycles. The first-order chi connectivity index (χ1) is 7.86. The van der Waals surface area contributed by atoms with E-state index in [2.05, 4.69) is 26.1 Å². The minimum absolute atomic E-state index is 0.0552. The number of hydrogen-bond acceptors (Lipinski definition) is 1. The molecule has 0 saturated heterocycles. The lowest BCUT2D eigenvalue weighted by Crippen LogP contribution is -2.42. The van der Waals surface area contributed by atoms with Crippen molar-refractivity contribution in [2.24, 2.45) is 11.3 Å². The van der Waals surface area contributed by atoms with Gasteiger partial charge in [-0.3, -0.25) is 4.79 Å². The highest BCUT2D eigenvalue weighted by Crippen LogP contribution is 2.40. The zero-order valence-electron chi connectivity index (χ0n) is 10.9. The summed E-state index contributed by atoms with van der Waals surface area (Å²) < 4.78 is 24.2. The quantitative estimate of drug-likeness (QED) is 0.811. The topological polar surface area (TPSA) is 29.1 Å². The summed E-state index contributed by atoms with van der Waals surface area (Å²) in [5.41, 5.74) is 0.317. The lowest BCUT2D eigenvalue weighted by atomic mass is 9.69. The molecule has 1 aliphatic rings. The molecular formula is C13H23F2NO. The number of carbonyl (C=O) groups excluding carboxylic acids is 1. The summed E-state index contributed by atoms with van der Waals surface area (Å²) in [6.07, 6.45) is 1.94. The van der Waals surface area contributed by atoms with Crippen molar-refractivity contribution < 1.29 is 13.6 Å². The van der Waals surface area contributed by atoms with Crippen LogP contribution in [0.25, 0.3) is 0 Å². The van der Waals surface area contributed by atoms with Crippen LogP contribution in [-0.2, 0) is 4.79 Å². The Labute approximate surface area is 102 Å². The zero-order chi connectivity index (χ0) is 13.1. The second kappa shape index (κ2) is 5.78. The number of carbonyl (C=O) groups is 1. The van der Waals surface area contributed by atoms with Crippen molar-refractivity contribution in [3.63, 3.8) is 0 Å². The molecule has 0 aromatic rings. The minimum Gasteiger partial charge on any atom is -0.348 e. The fourth-order valence-electron chi connectivity index (χ4n) is 2.57. The van der Waals surface area contributed by atoms with Gasteiger partial charge in [-0.25, -0.2) is 0 Å². The molecule has 2 nitrogen and oxygen atoms in total. The molecule has 0 aromatic carbocycles. The average Bonchev–Trinajstić information content (AvgIpc) is 2.29. The summed E-state index contributed by atoms with van der Waals surface area (Å²) in [6.45, 7) is 6.70. The predicted molar refractivity (Wildman–Crippen MR) is 64.0 cm³/mol. The number of halogens is 2. The van der Waals surface area contributed by atoms with Crippen LogP contribution in [0.15, 0.2) is 0 Å². The van der Waals surface area contributed by atoms with E-state index in [1.54, 1.807) is 0 Å². The van der Waals surface area contributed by atoms with Crippen molar-refractivity contribution in [3.8, 4) is 0 Å². The highest BCUT2D eigenvalue weighted by Gasteiger charge is 2.32. The van der Waals surface area contributed by atoms with Gasteiger partial charge >= 0.3 is 6.43 Å². The van der Waals surface area contributed by atoms with E-state index in [1.807, 2.05) is 0 Å². The van der Waals surface area contributed by atoms with Crippen LogP contribution in [0.3, 0.4) is 0 Å². The van der Waals surface area contributed by atoms with Crippen LogP contribution in [0, 0.1) is 11.3 Å². The first-order valence-electron chi connectivity index (χ1n) is 6.45. The molecule has 1 rings (SSSR count). The van der Waals surface area contributed by atoms with Crippen LogP contribution in [-0.4, -0.2) is 18.4 Å². The van der Waals surface area contributed by atoms with E-state index in [0.29, 0.717) is 11.3 Å². The lowest BCUT2D eigenvalue weighted by Gasteiger charge is -2.39. The molecule has 17 heavy (non-hydrogen) atoms. The molecule has 1 aliphatic carbocycles. The molecule has 0 unspecified atom stereocenters. The number of hydrogen-bond donors (Lipinski definition) is 1. The summed E-state index contributed by atoms with van der Waals surface area (Å²) in [6, 6.07) is -0.0552. The van der Waals surface area contributed by atoms with E-state index in [-0.39, 0.29) is 6.04 Å². The Hall–Kier alpha value is -0.670. The van der Waals surface area contributed by atoms with E-state index < -0.39 is 12.3 Å². The molecule has 1 amide bonds. The Balaban J connectivity index is 2.38. The van der Waals surface area contributed by atoms with Crippen molar-refractivity contribution in [1.82, 2.24) is 5.32 Å². The number of rotatable bonds is 4. The predicted octanol–water partition coefficient (Wildman–Crippen LogP) is 3.36. The Morgan fingerprint density at radius 1 is 1.29 bits per heavy atom. The average molecular weight is 247 g/mol. The van der Waals surface area contributed by atoms with Crippen LogP contribution < -0.4 is 5.32 Å². The van der Waals surface area contributed by atoms with Crippen molar-refractivity contribution in [2.45, 2.75) is 65.3 Å². The zero-order valence-corrected chi connectivity index (χ0v) is 10.9. The number of amides is 1. The number of nitrogens with one attached hydrogen (secondary N) is 1. The largest absolute Gasteiger partial charge is 0.348 e. The summed E-state index contributed by atoms with van der Waals surface area (Å²) in [7, 11) is 0. The Kier molecular flexibility index (Phi) is 4.90. The standard InChI is InChI=1S/C13H23F2NO/c1-4-13(2,3)9-5-7-10(8-6-9)16-12(17)11(14)15/h9-11H,4-8H2,1-3H3,(H,16,17). The summed E-state index contributed by atoms with van der Waals surface area (Å²) in [4.78, 5) is 10.9. The van der Waals surface area contributed by atoms with Gasteiger partial charge in [-0.1, -0.05) is 27.2 Å². The Bertz CT molecular complexity index is 258. The molecular weight excluding hydrogens is 224 g/mol. The third-order valence-electron chi connectivity index (χ3n) is 4.29. The molecule has 0 atom stereocenters. The van der Waals surface area contributed by atoms with Gasteiger partial charge in [0.05, 0.1) is 0 Å². The van der Waals surface area contributed by atoms with Gasteiger partial charge < -0.3 is 5.32 Å². The van der Waals surface area contributed by atoms with E-state index in [1.165, 1.54) is 0 Å². The van der Waals surface area contributed by atoms with Gasteiger partial charge in [0, 0.05) is 6.04 Å². The maximum Gasteiger partial charge on any atom is 0.315 e. The van der Waals surface area contributed by atoms with Gasteiger partial charge in [-0.2, -0.15) is 8.78 Å². The van der Waals surface area contributed by atoms with Crippen molar-refractivity contribution in [1.29, 1.82) is 0 Å². The third kappa shape index (κ3) is 3.93. The van der Waals surface area contributed by atoms with Gasteiger partial charge in [0.15, 0.2) is 0 Å². The fourth-order valence-corrected chi connectivity index (χ4v) is 2.57. The second-order valence-corrected chi connectivity index (χ2v) is 5.70. The van der Waals surface area contributed by atoms with E-state index in [9.17, 15) is 13.6 Å². The number of alkyl halides is 2. The Morgan fingerprint density at radius 3 is 2.24 bits per heavy atom. The summed E-state index contributed by atoms with van der Waals surface area (Å²) >= 11 is 0. The van der Waals surface area contributed by atoms with Gasteiger partial charge in [-0.15, -0.1) is 0 Å².